The van der Waals surface area contributed by atoms with E-state index in [0.29, 0.717) is 19.5 Å². The molecule has 6 heteroatoms. The molecule has 110 valence electrons. The van der Waals surface area contributed by atoms with Crippen LogP contribution in [0, 0.1) is 0 Å². The van der Waals surface area contributed by atoms with Crippen LogP contribution >= 0.6 is 12.4 Å². The van der Waals surface area contributed by atoms with Gasteiger partial charge in [0.15, 0.2) is 0 Å². The predicted octanol–water partition coefficient (Wildman–Crippen LogP) is 0.802. The molecular formula is C14H19ClN2O3. The minimum absolute atomic E-state index is 0. The number of esters is 1. The first-order chi connectivity index (χ1) is 9.20. The third kappa shape index (κ3) is 4.21. The van der Waals surface area contributed by atoms with Crippen molar-refractivity contribution in [2.75, 3.05) is 13.7 Å². The minimum atomic E-state index is -0.317. The molecule has 1 unspecified atom stereocenters. The SMILES string of the molecule is COC(=O)CCNC(=O)C1Cc2ccccc2CN1.Cl. The van der Waals surface area contributed by atoms with E-state index in [9.17, 15) is 9.59 Å². The molecule has 2 N–H and O–H groups in total. The number of halogens is 1. The number of carbonyl (C=O) groups excluding carboxylic acids is 2. The monoisotopic (exact) mass is 298 g/mol. The molecule has 0 fully saturated rings. The van der Waals surface area contributed by atoms with Crippen LogP contribution in [0.5, 0.6) is 0 Å². The molecule has 0 saturated carbocycles. The van der Waals surface area contributed by atoms with Crippen molar-refractivity contribution in [3.05, 3.63) is 35.4 Å². The van der Waals surface area contributed by atoms with Gasteiger partial charge in [-0.15, -0.1) is 12.4 Å². The van der Waals surface area contributed by atoms with Crippen LogP contribution in [0.4, 0.5) is 0 Å². The zero-order valence-electron chi connectivity index (χ0n) is 11.3. The highest BCUT2D eigenvalue weighted by molar-refractivity contribution is 5.85. The standard InChI is InChI=1S/C14H18N2O3.ClH/c1-19-13(17)6-7-15-14(18)12-8-10-4-2-3-5-11(10)9-16-12;/h2-5,12,16H,6-9H2,1H3,(H,15,18);1H. The smallest absolute Gasteiger partial charge is 0.307 e. The first kappa shape index (κ1) is 16.5. The highest BCUT2D eigenvalue weighted by Gasteiger charge is 2.23. The average molecular weight is 299 g/mol. The second-order valence-corrected chi connectivity index (χ2v) is 4.52. The van der Waals surface area contributed by atoms with Crippen molar-refractivity contribution in [3.8, 4) is 0 Å². The zero-order valence-corrected chi connectivity index (χ0v) is 12.2. The van der Waals surface area contributed by atoms with E-state index in [1.165, 1.54) is 18.2 Å². The second-order valence-electron chi connectivity index (χ2n) is 4.52. The van der Waals surface area contributed by atoms with Crippen LogP contribution in [0.1, 0.15) is 17.5 Å². The molecule has 0 aliphatic carbocycles. The number of rotatable bonds is 4. The quantitative estimate of drug-likeness (QED) is 0.807. The molecule has 1 aliphatic rings. The molecule has 20 heavy (non-hydrogen) atoms. The molecule has 0 bridgehead atoms. The van der Waals surface area contributed by atoms with E-state index >= 15 is 0 Å². The maximum atomic E-state index is 12.0. The second kappa shape index (κ2) is 7.87. The number of ether oxygens (including phenoxy) is 1. The van der Waals surface area contributed by atoms with Crippen molar-refractivity contribution in [1.29, 1.82) is 0 Å². The van der Waals surface area contributed by atoms with Crippen molar-refractivity contribution < 1.29 is 14.3 Å². The van der Waals surface area contributed by atoms with E-state index < -0.39 is 0 Å². The van der Waals surface area contributed by atoms with E-state index in [-0.39, 0.29) is 36.7 Å². The summed E-state index contributed by atoms with van der Waals surface area (Å²) >= 11 is 0. The molecule has 0 saturated heterocycles. The Morgan fingerprint density at radius 2 is 2.05 bits per heavy atom. The van der Waals surface area contributed by atoms with Crippen molar-refractivity contribution >= 4 is 24.3 Å². The third-order valence-corrected chi connectivity index (χ3v) is 3.25. The fourth-order valence-corrected chi connectivity index (χ4v) is 2.15. The molecule has 2 rings (SSSR count). The van der Waals surface area contributed by atoms with E-state index in [1.807, 2.05) is 18.2 Å². The molecular weight excluding hydrogens is 280 g/mol. The van der Waals surface area contributed by atoms with Gasteiger partial charge in [0, 0.05) is 13.1 Å². The van der Waals surface area contributed by atoms with Gasteiger partial charge in [0.25, 0.3) is 0 Å². The fourth-order valence-electron chi connectivity index (χ4n) is 2.15. The largest absolute Gasteiger partial charge is 0.469 e. The van der Waals surface area contributed by atoms with Gasteiger partial charge in [0.05, 0.1) is 19.6 Å². The summed E-state index contributed by atoms with van der Waals surface area (Å²) in [6, 6.07) is 7.86. The lowest BCUT2D eigenvalue weighted by Crippen LogP contribution is -2.48. The van der Waals surface area contributed by atoms with Gasteiger partial charge < -0.3 is 15.4 Å². The zero-order chi connectivity index (χ0) is 13.7. The molecule has 1 aliphatic heterocycles. The van der Waals surface area contributed by atoms with E-state index in [0.717, 1.165) is 0 Å². The van der Waals surface area contributed by atoms with Crippen molar-refractivity contribution in [3.63, 3.8) is 0 Å². The molecule has 1 heterocycles. The van der Waals surface area contributed by atoms with E-state index in [1.54, 1.807) is 0 Å². The fraction of sp³-hybridized carbons (Fsp3) is 0.429. The van der Waals surface area contributed by atoms with Gasteiger partial charge in [0.2, 0.25) is 5.91 Å². The average Bonchev–Trinajstić information content (AvgIpc) is 2.46. The third-order valence-electron chi connectivity index (χ3n) is 3.25. The molecule has 0 radical (unpaired) electrons. The van der Waals surface area contributed by atoms with Gasteiger partial charge in [-0.2, -0.15) is 0 Å². The molecule has 0 spiro atoms. The molecule has 1 aromatic rings. The van der Waals surface area contributed by atoms with Crippen LogP contribution in [0.15, 0.2) is 24.3 Å². The Morgan fingerprint density at radius 3 is 2.75 bits per heavy atom. The normalized spacial score (nSPS) is 16.6. The van der Waals surface area contributed by atoms with Gasteiger partial charge >= 0.3 is 5.97 Å². The number of carbonyl (C=O) groups is 2. The Bertz CT molecular complexity index is 479. The molecule has 5 nitrogen and oxygen atoms in total. The van der Waals surface area contributed by atoms with Gasteiger partial charge in [0.1, 0.15) is 0 Å². The Hall–Kier alpha value is -1.59. The van der Waals surface area contributed by atoms with Gasteiger partial charge in [-0.05, 0) is 17.5 Å². The Balaban J connectivity index is 0.00000200. The number of fused-ring (bicyclic) bond motifs is 1. The maximum absolute atomic E-state index is 12.0. The van der Waals surface area contributed by atoms with Crippen molar-refractivity contribution in [1.82, 2.24) is 10.6 Å². The molecule has 1 amide bonds. The molecule has 0 aromatic heterocycles. The number of benzene rings is 1. The Kier molecular flexibility index (Phi) is 6.48. The topological polar surface area (TPSA) is 67.4 Å². The first-order valence-corrected chi connectivity index (χ1v) is 6.35. The molecule has 1 atom stereocenters. The van der Waals surface area contributed by atoms with Crippen LogP contribution in [0.3, 0.4) is 0 Å². The molecule has 1 aromatic carbocycles. The summed E-state index contributed by atoms with van der Waals surface area (Å²) < 4.78 is 4.52. The summed E-state index contributed by atoms with van der Waals surface area (Å²) in [4.78, 5) is 22.9. The summed E-state index contributed by atoms with van der Waals surface area (Å²) in [5.41, 5.74) is 2.44. The lowest BCUT2D eigenvalue weighted by molar-refractivity contribution is -0.140. The Morgan fingerprint density at radius 1 is 1.35 bits per heavy atom. The van der Waals surface area contributed by atoms with Crippen LogP contribution in [0.2, 0.25) is 0 Å². The van der Waals surface area contributed by atoms with Crippen LogP contribution in [0.25, 0.3) is 0 Å². The van der Waals surface area contributed by atoms with Gasteiger partial charge in [-0.25, -0.2) is 0 Å². The number of methoxy groups -OCH3 is 1. The van der Waals surface area contributed by atoms with E-state index in [4.69, 9.17) is 0 Å². The van der Waals surface area contributed by atoms with Gasteiger partial charge in [-0.3, -0.25) is 9.59 Å². The van der Waals surface area contributed by atoms with Gasteiger partial charge in [-0.1, -0.05) is 24.3 Å². The maximum Gasteiger partial charge on any atom is 0.307 e. The number of hydrogen-bond acceptors (Lipinski definition) is 4. The highest BCUT2D eigenvalue weighted by atomic mass is 35.5. The summed E-state index contributed by atoms with van der Waals surface area (Å²) in [7, 11) is 1.34. The summed E-state index contributed by atoms with van der Waals surface area (Å²) in [5.74, 6) is -0.388. The lowest BCUT2D eigenvalue weighted by atomic mass is 9.95. The Labute approximate surface area is 124 Å². The highest BCUT2D eigenvalue weighted by Crippen LogP contribution is 2.16. The van der Waals surface area contributed by atoms with Crippen molar-refractivity contribution in [2.24, 2.45) is 0 Å². The minimum Gasteiger partial charge on any atom is -0.469 e. The number of hydrogen-bond donors (Lipinski definition) is 2. The number of amides is 1. The van der Waals surface area contributed by atoms with Crippen LogP contribution in [-0.2, 0) is 27.3 Å². The first-order valence-electron chi connectivity index (χ1n) is 6.35. The number of nitrogens with one attached hydrogen (secondary N) is 2. The lowest BCUT2D eigenvalue weighted by Gasteiger charge is -2.25. The summed E-state index contributed by atoms with van der Waals surface area (Å²) in [6.07, 6.45) is 0.881. The van der Waals surface area contributed by atoms with E-state index in [2.05, 4.69) is 21.4 Å². The van der Waals surface area contributed by atoms with Crippen molar-refractivity contribution in [2.45, 2.75) is 25.4 Å². The van der Waals surface area contributed by atoms with Crippen LogP contribution in [-0.4, -0.2) is 31.6 Å². The predicted molar refractivity (Wildman–Crippen MR) is 77.7 cm³/mol. The summed E-state index contributed by atoms with van der Waals surface area (Å²) in [6.45, 7) is 1.01. The van der Waals surface area contributed by atoms with Crippen LogP contribution < -0.4 is 10.6 Å². The summed E-state index contributed by atoms with van der Waals surface area (Å²) in [5, 5.41) is 5.95.